The molecule has 0 fully saturated rings. The minimum atomic E-state index is -0.226. The second-order valence-corrected chi connectivity index (χ2v) is 4.79. The van der Waals surface area contributed by atoms with E-state index in [1.54, 1.807) is 12.1 Å². The summed E-state index contributed by atoms with van der Waals surface area (Å²) in [6.45, 7) is 1.81. The predicted octanol–water partition coefficient (Wildman–Crippen LogP) is 3.78. The van der Waals surface area contributed by atoms with Crippen LogP contribution in [0.15, 0.2) is 40.8 Å². The number of benzene rings is 1. The van der Waals surface area contributed by atoms with Crippen molar-refractivity contribution in [2.75, 3.05) is 10.6 Å². The van der Waals surface area contributed by atoms with E-state index in [-0.39, 0.29) is 5.91 Å². The third-order valence-corrected chi connectivity index (χ3v) is 2.96. The van der Waals surface area contributed by atoms with Gasteiger partial charge in [0, 0.05) is 11.0 Å². The molecule has 0 radical (unpaired) electrons. The van der Waals surface area contributed by atoms with Gasteiger partial charge in [0.05, 0.1) is 0 Å². The van der Waals surface area contributed by atoms with Crippen molar-refractivity contribution in [3.05, 3.63) is 53.5 Å². The zero-order chi connectivity index (χ0) is 13.0. The summed E-state index contributed by atoms with van der Waals surface area (Å²) in [6, 6.07) is 11.2. The van der Waals surface area contributed by atoms with Crippen LogP contribution >= 0.6 is 15.9 Å². The molecule has 1 aromatic carbocycles. The van der Waals surface area contributed by atoms with Crippen molar-refractivity contribution in [1.29, 1.82) is 0 Å². The van der Waals surface area contributed by atoms with E-state index in [0.717, 1.165) is 23.2 Å². The minimum absolute atomic E-state index is 0.226. The standard InChI is InChI=1S/C14H14BrNO2/c1-10-2-7-13(18-10)14(17)16-12-5-3-11(4-6-12)8-9-15/h2-7H,8-9H2,1H3,(H,16,17). The van der Waals surface area contributed by atoms with Gasteiger partial charge in [0.2, 0.25) is 0 Å². The van der Waals surface area contributed by atoms with Gasteiger partial charge in [-0.3, -0.25) is 4.79 Å². The molecule has 3 nitrogen and oxygen atoms in total. The van der Waals surface area contributed by atoms with Crippen molar-refractivity contribution in [2.45, 2.75) is 13.3 Å². The van der Waals surface area contributed by atoms with E-state index in [1.807, 2.05) is 31.2 Å². The Morgan fingerprint density at radius 1 is 1.22 bits per heavy atom. The van der Waals surface area contributed by atoms with Gasteiger partial charge in [-0.1, -0.05) is 28.1 Å². The Kier molecular flexibility index (Phi) is 4.20. The van der Waals surface area contributed by atoms with Crippen LogP contribution in [0.3, 0.4) is 0 Å². The Morgan fingerprint density at radius 2 is 1.94 bits per heavy atom. The van der Waals surface area contributed by atoms with Crippen LogP contribution in [0.1, 0.15) is 21.9 Å². The van der Waals surface area contributed by atoms with Crippen LogP contribution in [0.25, 0.3) is 0 Å². The quantitative estimate of drug-likeness (QED) is 0.874. The summed E-state index contributed by atoms with van der Waals surface area (Å²) in [6.07, 6.45) is 0.978. The zero-order valence-corrected chi connectivity index (χ0v) is 11.7. The molecular weight excluding hydrogens is 294 g/mol. The monoisotopic (exact) mass is 307 g/mol. The van der Waals surface area contributed by atoms with Gasteiger partial charge in [-0.05, 0) is 43.2 Å². The van der Waals surface area contributed by atoms with Gasteiger partial charge in [-0.15, -0.1) is 0 Å². The van der Waals surface area contributed by atoms with E-state index >= 15 is 0 Å². The summed E-state index contributed by atoms with van der Waals surface area (Å²) in [5.41, 5.74) is 2.01. The van der Waals surface area contributed by atoms with Crippen molar-refractivity contribution in [1.82, 2.24) is 0 Å². The van der Waals surface area contributed by atoms with E-state index in [1.165, 1.54) is 5.56 Å². The Morgan fingerprint density at radius 3 is 2.50 bits per heavy atom. The average Bonchev–Trinajstić information content (AvgIpc) is 2.79. The number of hydrogen-bond donors (Lipinski definition) is 1. The first-order chi connectivity index (χ1) is 8.69. The zero-order valence-electron chi connectivity index (χ0n) is 10.1. The van der Waals surface area contributed by atoms with E-state index in [9.17, 15) is 4.79 Å². The van der Waals surface area contributed by atoms with Crippen molar-refractivity contribution >= 4 is 27.5 Å². The smallest absolute Gasteiger partial charge is 0.291 e. The largest absolute Gasteiger partial charge is 0.456 e. The van der Waals surface area contributed by atoms with Crippen LogP contribution in [0.5, 0.6) is 0 Å². The highest BCUT2D eigenvalue weighted by atomic mass is 79.9. The highest BCUT2D eigenvalue weighted by Crippen LogP contribution is 2.13. The molecule has 0 bridgehead atoms. The maximum absolute atomic E-state index is 11.8. The molecule has 1 N–H and O–H groups in total. The van der Waals surface area contributed by atoms with Gasteiger partial charge in [0.25, 0.3) is 5.91 Å². The van der Waals surface area contributed by atoms with Gasteiger partial charge < -0.3 is 9.73 Å². The number of alkyl halides is 1. The molecule has 0 aliphatic rings. The minimum Gasteiger partial charge on any atom is -0.456 e. The third kappa shape index (κ3) is 3.23. The Balaban J connectivity index is 2.03. The van der Waals surface area contributed by atoms with E-state index in [4.69, 9.17) is 4.42 Å². The normalized spacial score (nSPS) is 10.3. The van der Waals surface area contributed by atoms with Crippen LogP contribution in [0, 0.1) is 6.92 Å². The van der Waals surface area contributed by atoms with Crippen molar-refractivity contribution in [2.24, 2.45) is 0 Å². The van der Waals surface area contributed by atoms with E-state index in [0.29, 0.717) is 5.76 Å². The first-order valence-corrected chi connectivity index (χ1v) is 6.84. The number of furan rings is 1. The molecule has 4 heteroatoms. The molecule has 1 aromatic heterocycles. The molecule has 94 valence electrons. The molecule has 2 aromatic rings. The van der Waals surface area contributed by atoms with Gasteiger partial charge in [0.1, 0.15) is 5.76 Å². The summed E-state index contributed by atoms with van der Waals surface area (Å²) in [5, 5.41) is 3.73. The topological polar surface area (TPSA) is 42.2 Å². The fourth-order valence-corrected chi connectivity index (χ4v) is 2.07. The fraction of sp³-hybridized carbons (Fsp3) is 0.214. The first kappa shape index (κ1) is 12.9. The molecule has 0 saturated carbocycles. The number of rotatable bonds is 4. The van der Waals surface area contributed by atoms with E-state index in [2.05, 4.69) is 21.2 Å². The summed E-state index contributed by atoms with van der Waals surface area (Å²) in [4.78, 5) is 11.8. The molecule has 18 heavy (non-hydrogen) atoms. The van der Waals surface area contributed by atoms with E-state index < -0.39 is 0 Å². The third-order valence-electron chi connectivity index (χ3n) is 2.56. The molecular formula is C14H14BrNO2. The van der Waals surface area contributed by atoms with Crippen molar-refractivity contribution in [3.8, 4) is 0 Å². The lowest BCUT2D eigenvalue weighted by Gasteiger charge is -2.04. The summed E-state index contributed by atoms with van der Waals surface area (Å²) in [5.74, 6) is 0.834. The fourth-order valence-electron chi connectivity index (χ4n) is 1.61. The number of hydrogen-bond acceptors (Lipinski definition) is 2. The lowest BCUT2D eigenvalue weighted by Crippen LogP contribution is -2.10. The van der Waals surface area contributed by atoms with Crippen LogP contribution in [-0.4, -0.2) is 11.2 Å². The number of anilines is 1. The van der Waals surface area contributed by atoms with Gasteiger partial charge in [-0.25, -0.2) is 0 Å². The maximum Gasteiger partial charge on any atom is 0.291 e. The molecule has 0 aliphatic heterocycles. The van der Waals surface area contributed by atoms with Gasteiger partial charge >= 0.3 is 0 Å². The number of carbonyl (C=O) groups excluding carboxylic acids is 1. The molecule has 2 rings (SSSR count). The molecule has 1 heterocycles. The van der Waals surface area contributed by atoms with Crippen LogP contribution < -0.4 is 5.32 Å². The highest BCUT2D eigenvalue weighted by Gasteiger charge is 2.09. The second kappa shape index (κ2) is 5.87. The maximum atomic E-state index is 11.8. The molecule has 0 unspecified atom stereocenters. The van der Waals surface area contributed by atoms with Crippen molar-refractivity contribution < 1.29 is 9.21 Å². The molecule has 0 aliphatic carbocycles. The Labute approximate surface area is 114 Å². The molecule has 0 spiro atoms. The summed E-state index contributed by atoms with van der Waals surface area (Å²) >= 11 is 3.40. The number of amides is 1. The summed E-state index contributed by atoms with van der Waals surface area (Å²) < 4.78 is 5.26. The molecule has 0 atom stereocenters. The summed E-state index contributed by atoms with van der Waals surface area (Å²) in [7, 11) is 0. The number of aryl methyl sites for hydroxylation is 2. The first-order valence-electron chi connectivity index (χ1n) is 5.72. The Bertz CT molecular complexity index is 531. The molecule has 0 saturated heterocycles. The predicted molar refractivity (Wildman–Crippen MR) is 75.3 cm³/mol. The lowest BCUT2D eigenvalue weighted by molar-refractivity contribution is 0.0995. The van der Waals surface area contributed by atoms with Crippen LogP contribution in [-0.2, 0) is 6.42 Å². The number of carbonyl (C=O) groups is 1. The number of halogens is 1. The van der Waals surface area contributed by atoms with Gasteiger partial charge in [0.15, 0.2) is 5.76 Å². The highest BCUT2D eigenvalue weighted by molar-refractivity contribution is 9.09. The Hall–Kier alpha value is -1.55. The van der Waals surface area contributed by atoms with Crippen LogP contribution in [0.2, 0.25) is 0 Å². The second-order valence-electron chi connectivity index (χ2n) is 4.00. The van der Waals surface area contributed by atoms with Crippen molar-refractivity contribution in [3.63, 3.8) is 0 Å². The SMILES string of the molecule is Cc1ccc(C(=O)Nc2ccc(CCBr)cc2)o1. The number of nitrogens with one attached hydrogen (secondary N) is 1. The van der Waals surface area contributed by atoms with Crippen LogP contribution in [0.4, 0.5) is 5.69 Å². The average molecular weight is 308 g/mol. The molecule has 1 amide bonds. The van der Waals surface area contributed by atoms with Gasteiger partial charge in [-0.2, -0.15) is 0 Å². The lowest BCUT2D eigenvalue weighted by atomic mass is 10.1.